The third-order valence-corrected chi connectivity index (χ3v) is 5.22. The molecule has 1 saturated carbocycles. The van der Waals surface area contributed by atoms with Gasteiger partial charge in [0.25, 0.3) is 0 Å². The van der Waals surface area contributed by atoms with Gasteiger partial charge in [-0.05, 0) is 39.2 Å². The van der Waals surface area contributed by atoms with Crippen molar-refractivity contribution >= 4 is 5.96 Å². The highest BCUT2D eigenvalue weighted by Crippen LogP contribution is 2.26. The average molecular weight is 318 g/mol. The molecular weight excluding hydrogens is 288 g/mol. The minimum absolute atomic E-state index is 0.508. The minimum atomic E-state index is 0.508. The Morgan fingerprint density at radius 3 is 2.74 bits per heavy atom. The standard InChI is InChI=1S/C18H30N4O/c1-13-10-15(14(2)23-13)11-20-18(19-3)21-16-8-9-22(12-16)17-6-4-5-7-17/h10,16-17H,4-9,11-12H2,1-3H3,(H2,19,20,21). The molecule has 1 aromatic rings. The van der Waals surface area contributed by atoms with Gasteiger partial charge in [0.05, 0.1) is 0 Å². The lowest BCUT2D eigenvalue weighted by Crippen LogP contribution is -2.45. The van der Waals surface area contributed by atoms with Crippen LogP contribution in [-0.4, -0.2) is 43.1 Å². The van der Waals surface area contributed by atoms with E-state index in [1.54, 1.807) is 0 Å². The molecule has 3 rings (SSSR count). The molecular formula is C18H30N4O. The zero-order chi connectivity index (χ0) is 16.2. The third kappa shape index (κ3) is 4.08. The van der Waals surface area contributed by atoms with Crippen LogP contribution in [0.4, 0.5) is 0 Å². The number of guanidine groups is 1. The monoisotopic (exact) mass is 318 g/mol. The van der Waals surface area contributed by atoms with Crippen LogP contribution in [0.2, 0.25) is 0 Å². The van der Waals surface area contributed by atoms with Crippen LogP contribution in [0.5, 0.6) is 0 Å². The predicted molar refractivity (Wildman–Crippen MR) is 93.8 cm³/mol. The number of aliphatic imine (C=N–C) groups is 1. The van der Waals surface area contributed by atoms with Crippen molar-refractivity contribution in [1.82, 2.24) is 15.5 Å². The summed E-state index contributed by atoms with van der Waals surface area (Å²) in [5.41, 5.74) is 1.20. The molecule has 0 amide bonds. The van der Waals surface area contributed by atoms with Gasteiger partial charge in [-0.2, -0.15) is 0 Å². The number of hydrogen-bond acceptors (Lipinski definition) is 3. The van der Waals surface area contributed by atoms with Crippen molar-refractivity contribution in [1.29, 1.82) is 0 Å². The lowest BCUT2D eigenvalue weighted by atomic mass is 10.2. The molecule has 2 aliphatic rings. The van der Waals surface area contributed by atoms with Gasteiger partial charge in [-0.1, -0.05) is 12.8 Å². The van der Waals surface area contributed by atoms with E-state index in [9.17, 15) is 0 Å². The van der Waals surface area contributed by atoms with Gasteiger partial charge in [-0.3, -0.25) is 9.89 Å². The number of nitrogens with zero attached hydrogens (tertiary/aromatic N) is 2. The molecule has 1 aromatic heterocycles. The van der Waals surface area contributed by atoms with E-state index in [1.807, 2.05) is 20.9 Å². The summed E-state index contributed by atoms with van der Waals surface area (Å²) in [7, 11) is 1.84. The second-order valence-corrected chi connectivity index (χ2v) is 6.93. The van der Waals surface area contributed by atoms with Gasteiger partial charge < -0.3 is 15.1 Å². The summed E-state index contributed by atoms with van der Waals surface area (Å²) in [5, 5.41) is 6.99. The molecule has 1 aliphatic heterocycles. The predicted octanol–water partition coefficient (Wildman–Crippen LogP) is 2.58. The van der Waals surface area contributed by atoms with Crippen LogP contribution in [0.15, 0.2) is 15.5 Å². The van der Waals surface area contributed by atoms with Crippen molar-refractivity contribution in [2.24, 2.45) is 4.99 Å². The highest BCUT2D eigenvalue weighted by Gasteiger charge is 2.30. The Hall–Kier alpha value is -1.49. The van der Waals surface area contributed by atoms with Crippen molar-refractivity contribution in [2.45, 2.75) is 64.6 Å². The lowest BCUT2D eigenvalue weighted by molar-refractivity contribution is 0.242. The summed E-state index contributed by atoms with van der Waals surface area (Å²) >= 11 is 0. The topological polar surface area (TPSA) is 52.8 Å². The molecule has 2 heterocycles. The molecule has 0 radical (unpaired) electrons. The van der Waals surface area contributed by atoms with Crippen molar-refractivity contribution in [3.05, 3.63) is 23.2 Å². The fourth-order valence-corrected chi connectivity index (χ4v) is 3.93. The van der Waals surface area contributed by atoms with Crippen molar-refractivity contribution in [3.63, 3.8) is 0 Å². The Morgan fingerprint density at radius 1 is 1.30 bits per heavy atom. The van der Waals surface area contributed by atoms with Gasteiger partial charge in [0.15, 0.2) is 5.96 Å². The average Bonchev–Trinajstić information content (AvgIpc) is 3.24. The fraction of sp³-hybridized carbons (Fsp3) is 0.722. The van der Waals surface area contributed by atoms with Crippen molar-refractivity contribution in [3.8, 4) is 0 Å². The molecule has 0 bridgehead atoms. The van der Waals surface area contributed by atoms with Gasteiger partial charge >= 0.3 is 0 Å². The number of aryl methyl sites for hydroxylation is 2. The molecule has 1 aliphatic carbocycles. The number of likely N-dealkylation sites (tertiary alicyclic amines) is 1. The van der Waals surface area contributed by atoms with Crippen LogP contribution in [0, 0.1) is 13.8 Å². The van der Waals surface area contributed by atoms with Crippen LogP contribution in [0.3, 0.4) is 0 Å². The summed E-state index contributed by atoms with van der Waals surface area (Å²) in [5.74, 6) is 2.84. The first-order chi connectivity index (χ1) is 11.2. The minimum Gasteiger partial charge on any atom is -0.466 e. The van der Waals surface area contributed by atoms with E-state index in [0.717, 1.165) is 36.6 Å². The molecule has 2 fully saturated rings. The first-order valence-corrected chi connectivity index (χ1v) is 8.93. The first kappa shape index (κ1) is 16.4. The summed E-state index contributed by atoms with van der Waals surface area (Å²) in [4.78, 5) is 7.04. The van der Waals surface area contributed by atoms with Crippen LogP contribution in [0.1, 0.15) is 49.2 Å². The zero-order valence-corrected chi connectivity index (χ0v) is 14.7. The maximum absolute atomic E-state index is 5.58. The van der Waals surface area contributed by atoms with Crippen LogP contribution in [0.25, 0.3) is 0 Å². The Morgan fingerprint density at radius 2 is 2.09 bits per heavy atom. The van der Waals surface area contributed by atoms with Crippen LogP contribution < -0.4 is 10.6 Å². The Bertz CT molecular complexity index is 545. The summed E-state index contributed by atoms with van der Waals surface area (Å²) in [6.07, 6.45) is 6.80. The summed E-state index contributed by atoms with van der Waals surface area (Å²) in [6.45, 7) is 7.12. The van der Waals surface area contributed by atoms with E-state index >= 15 is 0 Å². The van der Waals surface area contributed by atoms with E-state index in [2.05, 4.69) is 26.6 Å². The zero-order valence-electron chi connectivity index (χ0n) is 14.7. The quantitative estimate of drug-likeness (QED) is 0.662. The molecule has 0 aromatic carbocycles. The maximum Gasteiger partial charge on any atom is 0.191 e. The largest absolute Gasteiger partial charge is 0.466 e. The molecule has 23 heavy (non-hydrogen) atoms. The third-order valence-electron chi connectivity index (χ3n) is 5.22. The Kier molecular flexibility index (Phi) is 5.26. The SMILES string of the molecule is CN=C(NCc1cc(C)oc1C)NC1CCN(C2CCCC2)C1. The summed E-state index contributed by atoms with van der Waals surface area (Å²) < 4.78 is 5.58. The van der Waals surface area contributed by atoms with Gasteiger partial charge in [-0.25, -0.2) is 0 Å². The fourth-order valence-electron chi connectivity index (χ4n) is 3.93. The van der Waals surface area contributed by atoms with Gasteiger partial charge in [0, 0.05) is 44.3 Å². The molecule has 128 valence electrons. The number of rotatable bonds is 4. The molecule has 0 spiro atoms. The van der Waals surface area contributed by atoms with Gasteiger partial charge in [0.1, 0.15) is 11.5 Å². The van der Waals surface area contributed by atoms with Crippen molar-refractivity contribution in [2.75, 3.05) is 20.1 Å². The second-order valence-electron chi connectivity index (χ2n) is 6.93. The smallest absolute Gasteiger partial charge is 0.191 e. The Labute approximate surface area is 139 Å². The molecule has 1 unspecified atom stereocenters. The Balaban J connectivity index is 1.47. The molecule has 5 nitrogen and oxygen atoms in total. The highest BCUT2D eigenvalue weighted by molar-refractivity contribution is 5.80. The van der Waals surface area contributed by atoms with Gasteiger partial charge in [0.2, 0.25) is 0 Å². The first-order valence-electron chi connectivity index (χ1n) is 8.93. The van der Waals surface area contributed by atoms with E-state index < -0.39 is 0 Å². The van der Waals surface area contributed by atoms with Gasteiger partial charge in [-0.15, -0.1) is 0 Å². The van der Waals surface area contributed by atoms with E-state index in [-0.39, 0.29) is 0 Å². The molecule has 2 N–H and O–H groups in total. The lowest BCUT2D eigenvalue weighted by Gasteiger charge is -2.24. The highest BCUT2D eigenvalue weighted by atomic mass is 16.3. The van der Waals surface area contributed by atoms with E-state index in [4.69, 9.17) is 4.42 Å². The molecule has 1 atom stereocenters. The van der Waals surface area contributed by atoms with E-state index in [1.165, 1.54) is 44.2 Å². The van der Waals surface area contributed by atoms with E-state index in [0.29, 0.717) is 6.04 Å². The summed E-state index contributed by atoms with van der Waals surface area (Å²) in [6, 6.07) is 3.43. The normalized spacial score (nSPS) is 23.6. The molecule has 5 heteroatoms. The number of furan rings is 1. The van der Waals surface area contributed by atoms with Crippen LogP contribution in [-0.2, 0) is 6.54 Å². The van der Waals surface area contributed by atoms with Crippen LogP contribution >= 0.6 is 0 Å². The molecule has 1 saturated heterocycles. The number of hydrogen-bond donors (Lipinski definition) is 2. The second kappa shape index (κ2) is 7.39. The maximum atomic E-state index is 5.58. The van der Waals surface area contributed by atoms with Crippen molar-refractivity contribution < 1.29 is 4.42 Å². The number of nitrogens with one attached hydrogen (secondary N) is 2.